The number of hydrogen-bond donors (Lipinski definition) is 0. The molecule has 70 valence electrons. The maximum Gasteiger partial charge on any atom is 0.154 e. The first-order valence-corrected chi connectivity index (χ1v) is 4.38. The SMILES string of the molecule is C=Nc1cc(C(C)C)nn1/C=C\C. The standard InChI is InChI=1S/C10H15N3/c1-5-6-13-10(11-4)7-9(12-13)8(2)3/h5-8H,4H2,1-3H3/b6-5-. The summed E-state index contributed by atoms with van der Waals surface area (Å²) in [7, 11) is 0. The molecule has 0 aliphatic rings. The van der Waals surface area contributed by atoms with Crippen molar-refractivity contribution in [1.29, 1.82) is 0 Å². The van der Waals surface area contributed by atoms with Gasteiger partial charge in [-0.2, -0.15) is 5.10 Å². The van der Waals surface area contributed by atoms with Crippen LogP contribution in [0.3, 0.4) is 0 Å². The van der Waals surface area contributed by atoms with Crippen LogP contribution in [0.1, 0.15) is 32.4 Å². The summed E-state index contributed by atoms with van der Waals surface area (Å²) in [5, 5.41) is 4.37. The van der Waals surface area contributed by atoms with Gasteiger partial charge >= 0.3 is 0 Å². The highest BCUT2D eigenvalue weighted by Crippen LogP contribution is 2.19. The third kappa shape index (κ3) is 2.05. The van der Waals surface area contributed by atoms with Crippen molar-refractivity contribution in [1.82, 2.24) is 9.78 Å². The molecule has 0 saturated carbocycles. The van der Waals surface area contributed by atoms with Crippen molar-refractivity contribution in [3.8, 4) is 0 Å². The van der Waals surface area contributed by atoms with Gasteiger partial charge in [0.05, 0.1) is 5.69 Å². The van der Waals surface area contributed by atoms with Crippen molar-refractivity contribution in [3.05, 3.63) is 17.8 Å². The van der Waals surface area contributed by atoms with Gasteiger partial charge in [0.25, 0.3) is 0 Å². The highest BCUT2D eigenvalue weighted by molar-refractivity contribution is 5.46. The lowest BCUT2D eigenvalue weighted by molar-refractivity contribution is 0.784. The molecule has 0 aliphatic carbocycles. The molecule has 0 N–H and O–H groups in total. The molecule has 0 saturated heterocycles. The first-order chi connectivity index (χ1) is 6.19. The molecule has 0 amide bonds. The van der Waals surface area contributed by atoms with Crippen LogP contribution in [0.2, 0.25) is 0 Å². The average molecular weight is 177 g/mol. The van der Waals surface area contributed by atoms with Crippen LogP contribution >= 0.6 is 0 Å². The van der Waals surface area contributed by atoms with E-state index < -0.39 is 0 Å². The summed E-state index contributed by atoms with van der Waals surface area (Å²) in [5.41, 5.74) is 1.04. The second-order valence-electron chi connectivity index (χ2n) is 3.17. The molecule has 0 atom stereocenters. The fourth-order valence-electron chi connectivity index (χ4n) is 1.05. The predicted octanol–water partition coefficient (Wildman–Crippen LogP) is 2.83. The molecule has 1 rings (SSSR count). The molecular weight excluding hydrogens is 162 g/mol. The fourth-order valence-corrected chi connectivity index (χ4v) is 1.05. The average Bonchev–Trinajstić information content (AvgIpc) is 2.48. The van der Waals surface area contributed by atoms with Gasteiger partial charge in [0.2, 0.25) is 0 Å². The Balaban J connectivity index is 3.11. The van der Waals surface area contributed by atoms with Crippen molar-refractivity contribution in [3.63, 3.8) is 0 Å². The first kappa shape index (κ1) is 9.71. The Bertz CT molecular complexity index is 321. The van der Waals surface area contributed by atoms with E-state index in [0.717, 1.165) is 11.5 Å². The Hall–Kier alpha value is -1.38. The van der Waals surface area contributed by atoms with Gasteiger partial charge in [-0.1, -0.05) is 19.9 Å². The van der Waals surface area contributed by atoms with Gasteiger partial charge in [0.15, 0.2) is 5.82 Å². The molecule has 1 aromatic rings. The van der Waals surface area contributed by atoms with E-state index in [1.807, 2.05) is 25.3 Å². The van der Waals surface area contributed by atoms with Crippen molar-refractivity contribution in [2.75, 3.05) is 0 Å². The van der Waals surface area contributed by atoms with Crippen molar-refractivity contribution >= 4 is 18.7 Å². The summed E-state index contributed by atoms with van der Waals surface area (Å²) < 4.78 is 1.74. The van der Waals surface area contributed by atoms with E-state index in [2.05, 4.69) is 30.7 Å². The quantitative estimate of drug-likeness (QED) is 0.653. The largest absolute Gasteiger partial charge is 0.245 e. The van der Waals surface area contributed by atoms with E-state index in [9.17, 15) is 0 Å². The molecule has 0 aromatic carbocycles. The zero-order chi connectivity index (χ0) is 9.84. The summed E-state index contributed by atoms with van der Waals surface area (Å²) >= 11 is 0. The number of allylic oxidation sites excluding steroid dienone is 1. The highest BCUT2D eigenvalue weighted by atomic mass is 15.3. The molecule has 13 heavy (non-hydrogen) atoms. The lowest BCUT2D eigenvalue weighted by Gasteiger charge is -1.96. The number of hydrogen-bond acceptors (Lipinski definition) is 2. The topological polar surface area (TPSA) is 30.2 Å². The Labute approximate surface area is 78.8 Å². The summed E-state index contributed by atoms with van der Waals surface area (Å²) in [6.07, 6.45) is 3.79. The third-order valence-corrected chi connectivity index (χ3v) is 1.78. The van der Waals surface area contributed by atoms with Gasteiger partial charge in [-0.25, -0.2) is 9.67 Å². The monoisotopic (exact) mass is 177 g/mol. The van der Waals surface area contributed by atoms with E-state index in [1.165, 1.54) is 0 Å². The number of nitrogens with zero attached hydrogens (tertiary/aromatic N) is 3. The summed E-state index contributed by atoms with van der Waals surface area (Å²) in [4.78, 5) is 3.89. The summed E-state index contributed by atoms with van der Waals surface area (Å²) in [6.45, 7) is 9.66. The van der Waals surface area contributed by atoms with Crippen LogP contribution in [0.5, 0.6) is 0 Å². The van der Waals surface area contributed by atoms with Crippen LogP contribution in [0, 0.1) is 0 Å². The van der Waals surface area contributed by atoms with E-state index >= 15 is 0 Å². The Morgan fingerprint density at radius 1 is 1.62 bits per heavy atom. The van der Waals surface area contributed by atoms with Crippen molar-refractivity contribution in [2.45, 2.75) is 26.7 Å². The predicted molar refractivity (Wildman–Crippen MR) is 56.5 cm³/mol. The van der Waals surface area contributed by atoms with Crippen LogP contribution in [-0.2, 0) is 0 Å². The molecule has 1 aromatic heterocycles. The highest BCUT2D eigenvalue weighted by Gasteiger charge is 2.06. The number of aromatic nitrogens is 2. The molecule has 0 unspecified atom stereocenters. The lowest BCUT2D eigenvalue weighted by Crippen LogP contribution is -1.92. The van der Waals surface area contributed by atoms with Crippen LogP contribution < -0.4 is 0 Å². The smallest absolute Gasteiger partial charge is 0.154 e. The molecule has 3 nitrogen and oxygen atoms in total. The Kier molecular flexibility index (Phi) is 3.01. The molecule has 0 fully saturated rings. The molecule has 0 spiro atoms. The minimum absolute atomic E-state index is 0.423. The van der Waals surface area contributed by atoms with Gasteiger partial charge in [-0.15, -0.1) is 0 Å². The number of rotatable bonds is 3. The second kappa shape index (κ2) is 4.03. The maximum absolute atomic E-state index is 4.37. The van der Waals surface area contributed by atoms with Gasteiger partial charge in [-0.05, 0) is 19.6 Å². The Morgan fingerprint density at radius 2 is 2.31 bits per heavy atom. The number of aliphatic imine (C=N–C) groups is 1. The van der Waals surface area contributed by atoms with Gasteiger partial charge < -0.3 is 0 Å². The summed E-state index contributed by atoms with van der Waals surface area (Å²) in [5.74, 6) is 1.22. The maximum atomic E-state index is 4.37. The second-order valence-corrected chi connectivity index (χ2v) is 3.17. The van der Waals surface area contributed by atoms with Crippen molar-refractivity contribution < 1.29 is 0 Å². The van der Waals surface area contributed by atoms with Gasteiger partial charge in [0, 0.05) is 12.3 Å². The Morgan fingerprint density at radius 3 is 2.77 bits per heavy atom. The van der Waals surface area contributed by atoms with Gasteiger partial charge in [-0.3, -0.25) is 0 Å². The van der Waals surface area contributed by atoms with Crippen LogP contribution in [0.4, 0.5) is 5.82 Å². The van der Waals surface area contributed by atoms with Gasteiger partial charge in [0.1, 0.15) is 0 Å². The minimum Gasteiger partial charge on any atom is -0.245 e. The van der Waals surface area contributed by atoms with E-state index in [4.69, 9.17) is 0 Å². The zero-order valence-corrected chi connectivity index (χ0v) is 8.36. The molecule has 0 aliphatic heterocycles. The summed E-state index contributed by atoms with van der Waals surface area (Å²) in [6, 6.07) is 1.96. The molecule has 0 radical (unpaired) electrons. The lowest BCUT2D eigenvalue weighted by atomic mass is 10.1. The minimum atomic E-state index is 0.423. The fraction of sp³-hybridized carbons (Fsp3) is 0.400. The van der Waals surface area contributed by atoms with Crippen LogP contribution in [0.25, 0.3) is 6.20 Å². The third-order valence-electron chi connectivity index (χ3n) is 1.78. The van der Waals surface area contributed by atoms with E-state index in [1.54, 1.807) is 4.68 Å². The van der Waals surface area contributed by atoms with Crippen molar-refractivity contribution in [2.24, 2.45) is 4.99 Å². The zero-order valence-electron chi connectivity index (χ0n) is 8.36. The normalized spacial score (nSPS) is 11.4. The first-order valence-electron chi connectivity index (χ1n) is 4.38. The molecule has 0 bridgehead atoms. The molecule has 1 heterocycles. The van der Waals surface area contributed by atoms with Crippen LogP contribution in [-0.4, -0.2) is 16.5 Å². The van der Waals surface area contributed by atoms with E-state index in [-0.39, 0.29) is 0 Å². The van der Waals surface area contributed by atoms with E-state index in [0.29, 0.717) is 5.92 Å². The molecule has 3 heteroatoms. The molecular formula is C10H15N3. The van der Waals surface area contributed by atoms with Crippen LogP contribution in [0.15, 0.2) is 17.1 Å².